The molecule has 0 saturated heterocycles. The minimum atomic E-state index is 0. The number of guanidine groups is 1. The highest BCUT2D eigenvalue weighted by Gasteiger charge is 2.05. The van der Waals surface area contributed by atoms with Crippen LogP contribution in [-0.2, 0) is 19.5 Å². The van der Waals surface area contributed by atoms with Gasteiger partial charge in [0.05, 0.1) is 0 Å². The van der Waals surface area contributed by atoms with Gasteiger partial charge in [0.1, 0.15) is 0 Å². The predicted molar refractivity (Wildman–Crippen MR) is 139 cm³/mol. The van der Waals surface area contributed by atoms with Crippen molar-refractivity contribution in [3.8, 4) is 0 Å². The van der Waals surface area contributed by atoms with Crippen LogP contribution in [0.2, 0.25) is 0 Å². The van der Waals surface area contributed by atoms with Crippen LogP contribution in [0.4, 0.5) is 0 Å². The molecule has 0 radical (unpaired) electrons. The first-order valence-corrected chi connectivity index (χ1v) is 10.5. The number of fused-ring (bicyclic) bond motifs is 1. The topological polar surface area (TPSA) is 55.4 Å². The average Bonchev–Trinajstić information content (AvgIpc) is 3.18. The standard InChI is InChI=1S/C24H33N5.HI/c1-4-29(5-2)18-20-10-8-9-19(15-20)16-28-24(25-3)26-14-13-21-17-27-23-12-7-6-11-22(21)23;/h6-12,15,17,27H,4-5,13-14,16,18H2,1-3H3,(H2,25,26,28);1H. The Morgan fingerprint density at radius 2 is 1.77 bits per heavy atom. The summed E-state index contributed by atoms with van der Waals surface area (Å²) in [7, 11) is 1.82. The fourth-order valence-corrected chi connectivity index (χ4v) is 3.60. The number of H-pyrrole nitrogens is 1. The minimum Gasteiger partial charge on any atom is -0.361 e. The fourth-order valence-electron chi connectivity index (χ4n) is 3.60. The normalized spacial score (nSPS) is 11.5. The molecule has 2 aromatic carbocycles. The van der Waals surface area contributed by atoms with E-state index in [-0.39, 0.29) is 24.0 Å². The van der Waals surface area contributed by atoms with Gasteiger partial charge < -0.3 is 15.6 Å². The highest BCUT2D eigenvalue weighted by atomic mass is 127. The van der Waals surface area contributed by atoms with E-state index < -0.39 is 0 Å². The van der Waals surface area contributed by atoms with Crippen molar-refractivity contribution in [2.24, 2.45) is 4.99 Å². The fraction of sp³-hybridized carbons (Fsp3) is 0.375. The van der Waals surface area contributed by atoms with Crippen LogP contribution >= 0.6 is 24.0 Å². The van der Waals surface area contributed by atoms with E-state index in [0.29, 0.717) is 0 Å². The molecule has 0 aliphatic heterocycles. The SMILES string of the molecule is CCN(CC)Cc1cccc(CNC(=NC)NCCc2c[nH]c3ccccc23)c1.I. The van der Waals surface area contributed by atoms with Crippen molar-refractivity contribution in [1.82, 2.24) is 20.5 Å². The summed E-state index contributed by atoms with van der Waals surface area (Å²) in [6.45, 7) is 9.17. The molecule has 0 aliphatic rings. The first kappa shape index (κ1) is 24.2. The van der Waals surface area contributed by atoms with Crippen LogP contribution in [0.3, 0.4) is 0 Å². The van der Waals surface area contributed by atoms with Crippen LogP contribution in [0.15, 0.2) is 59.7 Å². The van der Waals surface area contributed by atoms with E-state index in [2.05, 4.69) is 94.1 Å². The van der Waals surface area contributed by atoms with Crippen molar-refractivity contribution in [1.29, 1.82) is 0 Å². The van der Waals surface area contributed by atoms with Gasteiger partial charge in [0.25, 0.3) is 0 Å². The molecule has 1 heterocycles. The number of nitrogens with one attached hydrogen (secondary N) is 3. The molecule has 0 spiro atoms. The van der Waals surface area contributed by atoms with Crippen LogP contribution in [0, 0.1) is 0 Å². The number of aromatic amines is 1. The number of aliphatic imine (C=N–C) groups is 1. The van der Waals surface area contributed by atoms with Crippen LogP contribution < -0.4 is 10.6 Å². The van der Waals surface area contributed by atoms with Crippen molar-refractivity contribution in [2.75, 3.05) is 26.7 Å². The Bertz CT molecular complexity index is 930. The van der Waals surface area contributed by atoms with Crippen LogP contribution in [0.5, 0.6) is 0 Å². The third-order valence-electron chi connectivity index (χ3n) is 5.34. The van der Waals surface area contributed by atoms with Gasteiger partial charge in [-0.15, -0.1) is 24.0 Å². The number of para-hydroxylation sites is 1. The molecule has 3 rings (SSSR count). The number of halogens is 1. The average molecular weight is 519 g/mol. The lowest BCUT2D eigenvalue weighted by molar-refractivity contribution is 0.296. The molecule has 5 nitrogen and oxygen atoms in total. The Morgan fingerprint density at radius 1 is 1.00 bits per heavy atom. The second-order valence-corrected chi connectivity index (χ2v) is 7.24. The van der Waals surface area contributed by atoms with E-state index in [1.165, 1.54) is 27.6 Å². The molecule has 0 saturated carbocycles. The summed E-state index contributed by atoms with van der Waals surface area (Å²) in [5, 5.41) is 8.15. The van der Waals surface area contributed by atoms with Gasteiger partial charge >= 0.3 is 0 Å². The summed E-state index contributed by atoms with van der Waals surface area (Å²) in [4.78, 5) is 10.1. The summed E-state index contributed by atoms with van der Waals surface area (Å²) in [6, 6.07) is 17.2. The maximum Gasteiger partial charge on any atom is 0.191 e. The maximum atomic E-state index is 4.36. The van der Waals surface area contributed by atoms with Crippen molar-refractivity contribution >= 4 is 40.8 Å². The highest BCUT2D eigenvalue weighted by Crippen LogP contribution is 2.17. The molecule has 1 aromatic heterocycles. The zero-order chi connectivity index (χ0) is 20.5. The van der Waals surface area contributed by atoms with Crippen LogP contribution in [0.25, 0.3) is 10.9 Å². The number of hydrogen-bond donors (Lipinski definition) is 3. The number of aromatic nitrogens is 1. The van der Waals surface area contributed by atoms with Crippen LogP contribution in [0.1, 0.15) is 30.5 Å². The lowest BCUT2D eigenvalue weighted by Crippen LogP contribution is -2.37. The van der Waals surface area contributed by atoms with Crippen molar-refractivity contribution in [3.63, 3.8) is 0 Å². The van der Waals surface area contributed by atoms with Gasteiger partial charge in [-0.05, 0) is 42.3 Å². The molecular formula is C24H34IN5. The lowest BCUT2D eigenvalue weighted by Gasteiger charge is -2.18. The lowest BCUT2D eigenvalue weighted by atomic mass is 10.1. The van der Waals surface area contributed by atoms with E-state index >= 15 is 0 Å². The number of benzene rings is 2. The number of hydrogen-bond acceptors (Lipinski definition) is 2. The second kappa shape index (κ2) is 12.6. The Kier molecular flexibility index (Phi) is 10.2. The van der Waals surface area contributed by atoms with Crippen LogP contribution in [-0.4, -0.2) is 42.5 Å². The molecular weight excluding hydrogens is 485 g/mol. The van der Waals surface area contributed by atoms with Gasteiger partial charge in [0, 0.05) is 43.8 Å². The third-order valence-corrected chi connectivity index (χ3v) is 5.34. The van der Waals surface area contributed by atoms with Crippen molar-refractivity contribution in [3.05, 3.63) is 71.4 Å². The molecule has 3 N–H and O–H groups in total. The van der Waals surface area contributed by atoms with Gasteiger partial charge in [-0.25, -0.2) is 0 Å². The molecule has 0 unspecified atom stereocenters. The first-order chi connectivity index (χ1) is 14.2. The number of rotatable bonds is 9. The smallest absolute Gasteiger partial charge is 0.191 e. The van der Waals surface area contributed by atoms with Gasteiger partial charge in [0.15, 0.2) is 5.96 Å². The Hall–Kier alpha value is -2.06. The highest BCUT2D eigenvalue weighted by molar-refractivity contribution is 14.0. The first-order valence-electron chi connectivity index (χ1n) is 10.5. The van der Waals surface area contributed by atoms with Gasteiger partial charge in [-0.1, -0.05) is 56.3 Å². The third kappa shape index (κ3) is 6.74. The Balaban J connectivity index is 0.00000320. The quantitative estimate of drug-likeness (QED) is 0.221. The molecule has 0 amide bonds. The minimum absolute atomic E-state index is 0. The number of nitrogens with zero attached hydrogens (tertiary/aromatic N) is 2. The van der Waals surface area contributed by atoms with Gasteiger partial charge in [-0.2, -0.15) is 0 Å². The molecule has 0 fully saturated rings. The largest absolute Gasteiger partial charge is 0.361 e. The molecule has 30 heavy (non-hydrogen) atoms. The van der Waals surface area contributed by atoms with Gasteiger partial charge in [-0.3, -0.25) is 9.89 Å². The predicted octanol–water partition coefficient (Wildman–Crippen LogP) is 4.54. The molecule has 162 valence electrons. The van der Waals surface area contributed by atoms with E-state index in [0.717, 1.165) is 45.1 Å². The molecule has 3 aromatic rings. The second-order valence-electron chi connectivity index (χ2n) is 7.24. The molecule has 0 aliphatic carbocycles. The molecule has 6 heteroatoms. The summed E-state index contributed by atoms with van der Waals surface area (Å²) in [5.41, 5.74) is 5.15. The van der Waals surface area contributed by atoms with Gasteiger partial charge in [0.2, 0.25) is 0 Å². The zero-order valence-electron chi connectivity index (χ0n) is 18.2. The van der Waals surface area contributed by atoms with E-state index in [1.807, 2.05) is 7.05 Å². The summed E-state index contributed by atoms with van der Waals surface area (Å²) in [5.74, 6) is 0.832. The molecule has 0 bridgehead atoms. The Morgan fingerprint density at radius 3 is 2.53 bits per heavy atom. The maximum absolute atomic E-state index is 4.36. The van der Waals surface area contributed by atoms with E-state index in [4.69, 9.17) is 0 Å². The van der Waals surface area contributed by atoms with E-state index in [9.17, 15) is 0 Å². The summed E-state index contributed by atoms with van der Waals surface area (Å²) >= 11 is 0. The monoisotopic (exact) mass is 519 g/mol. The summed E-state index contributed by atoms with van der Waals surface area (Å²) in [6.07, 6.45) is 3.05. The van der Waals surface area contributed by atoms with Crippen molar-refractivity contribution < 1.29 is 0 Å². The Labute approximate surface area is 197 Å². The summed E-state index contributed by atoms with van der Waals surface area (Å²) < 4.78 is 0. The van der Waals surface area contributed by atoms with E-state index in [1.54, 1.807) is 0 Å². The van der Waals surface area contributed by atoms with Crippen molar-refractivity contribution in [2.45, 2.75) is 33.4 Å². The zero-order valence-corrected chi connectivity index (χ0v) is 20.6. The molecule has 0 atom stereocenters.